The van der Waals surface area contributed by atoms with Gasteiger partial charge in [-0.1, -0.05) is 35.9 Å². The van der Waals surface area contributed by atoms with Crippen molar-refractivity contribution in [3.8, 4) is 0 Å². The van der Waals surface area contributed by atoms with E-state index in [1.165, 1.54) is 4.90 Å². The molecule has 1 unspecified atom stereocenters. The van der Waals surface area contributed by atoms with Crippen LogP contribution in [-0.2, 0) is 4.79 Å². The molecule has 1 aliphatic rings. The lowest BCUT2D eigenvalue weighted by Crippen LogP contribution is -2.21. The summed E-state index contributed by atoms with van der Waals surface area (Å²) < 4.78 is 0.717. The minimum atomic E-state index is -0.109. The first kappa shape index (κ1) is 14.0. The number of fused-ring (bicyclic) bond motifs is 1. The van der Waals surface area contributed by atoms with E-state index < -0.39 is 0 Å². The summed E-state index contributed by atoms with van der Waals surface area (Å²) in [6.45, 7) is 0. The lowest BCUT2D eigenvalue weighted by atomic mass is 10.0. The van der Waals surface area contributed by atoms with E-state index in [4.69, 9.17) is 11.6 Å². The zero-order valence-electron chi connectivity index (χ0n) is 10.4. The summed E-state index contributed by atoms with van der Waals surface area (Å²) in [5, 5.41) is 3.54. The molecule has 102 valence electrons. The number of halogens is 2. The van der Waals surface area contributed by atoms with E-state index in [2.05, 4.69) is 27.3 Å². The summed E-state index contributed by atoms with van der Waals surface area (Å²) in [6, 6.07) is 13.5. The van der Waals surface area contributed by atoms with Gasteiger partial charge in [0.25, 0.3) is 0 Å². The van der Waals surface area contributed by atoms with Crippen LogP contribution in [0.1, 0.15) is 11.5 Å². The Labute approximate surface area is 135 Å². The topological polar surface area (TPSA) is 29.1 Å². The van der Waals surface area contributed by atoms with Crippen molar-refractivity contribution in [3.05, 3.63) is 57.5 Å². The molecule has 0 saturated carbocycles. The lowest BCUT2D eigenvalue weighted by molar-refractivity contribution is -0.117. The van der Waals surface area contributed by atoms with Crippen LogP contribution in [0.25, 0.3) is 0 Å². The van der Waals surface area contributed by atoms with Gasteiger partial charge in [0.05, 0.1) is 21.1 Å². The Morgan fingerprint density at radius 1 is 1.25 bits per heavy atom. The predicted molar refractivity (Wildman–Crippen MR) is 87.7 cm³/mol. The summed E-state index contributed by atoms with van der Waals surface area (Å²) in [5.41, 5.74) is 1.81. The number of rotatable bonds is 2. The lowest BCUT2D eigenvalue weighted by Gasteiger charge is -2.13. The molecule has 0 fully saturated rings. The van der Waals surface area contributed by atoms with Crippen molar-refractivity contribution in [2.24, 2.45) is 0 Å². The molecule has 2 aromatic rings. The Morgan fingerprint density at radius 2 is 2.05 bits per heavy atom. The summed E-state index contributed by atoms with van der Waals surface area (Å²) in [5.74, 6) is 0.677. The SMILES string of the molecule is O=C(Nc1cccc(Cl)c1Br)C1CSc2ccccc21. The number of amides is 1. The Morgan fingerprint density at radius 3 is 2.90 bits per heavy atom. The smallest absolute Gasteiger partial charge is 0.232 e. The molecule has 0 aliphatic carbocycles. The first-order chi connectivity index (χ1) is 9.66. The summed E-state index contributed by atoms with van der Waals surface area (Å²) in [7, 11) is 0. The highest BCUT2D eigenvalue weighted by Crippen LogP contribution is 2.40. The van der Waals surface area contributed by atoms with Gasteiger partial charge < -0.3 is 5.32 Å². The van der Waals surface area contributed by atoms with Crippen molar-refractivity contribution in [2.75, 3.05) is 11.1 Å². The van der Waals surface area contributed by atoms with Gasteiger partial charge in [-0.15, -0.1) is 11.8 Å². The fourth-order valence-electron chi connectivity index (χ4n) is 2.20. The van der Waals surface area contributed by atoms with E-state index in [-0.39, 0.29) is 11.8 Å². The van der Waals surface area contributed by atoms with Crippen LogP contribution in [0.5, 0.6) is 0 Å². The maximum absolute atomic E-state index is 12.5. The van der Waals surface area contributed by atoms with Crippen LogP contribution in [0.15, 0.2) is 51.8 Å². The third-order valence-electron chi connectivity index (χ3n) is 3.23. The maximum atomic E-state index is 12.5. The first-order valence-corrected chi connectivity index (χ1v) is 8.29. The van der Waals surface area contributed by atoms with Crippen molar-refractivity contribution >= 4 is 50.9 Å². The molecule has 0 spiro atoms. The quantitative estimate of drug-likeness (QED) is 0.814. The predicted octanol–water partition coefficient (Wildman–Crippen LogP) is 4.93. The molecule has 1 N–H and O–H groups in total. The van der Waals surface area contributed by atoms with Gasteiger partial charge in [0, 0.05) is 10.6 Å². The van der Waals surface area contributed by atoms with Crippen molar-refractivity contribution in [3.63, 3.8) is 0 Å². The zero-order chi connectivity index (χ0) is 14.1. The highest BCUT2D eigenvalue weighted by Gasteiger charge is 2.29. The number of carbonyl (C=O) groups is 1. The van der Waals surface area contributed by atoms with E-state index in [1.54, 1.807) is 17.8 Å². The van der Waals surface area contributed by atoms with Crippen LogP contribution >= 0.6 is 39.3 Å². The molecule has 0 aromatic heterocycles. The molecular formula is C15H11BrClNOS. The molecule has 1 atom stereocenters. The molecular weight excluding hydrogens is 358 g/mol. The first-order valence-electron chi connectivity index (χ1n) is 6.13. The fourth-order valence-corrected chi connectivity index (χ4v) is 3.97. The summed E-state index contributed by atoms with van der Waals surface area (Å²) in [6.07, 6.45) is 0. The molecule has 1 heterocycles. The third-order valence-corrected chi connectivity index (χ3v) is 5.81. The highest BCUT2D eigenvalue weighted by molar-refractivity contribution is 9.10. The van der Waals surface area contributed by atoms with Crippen LogP contribution in [0, 0.1) is 0 Å². The average Bonchev–Trinajstić information content (AvgIpc) is 2.88. The number of anilines is 1. The van der Waals surface area contributed by atoms with Gasteiger partial charge in [-0.3, -0.25) is 4.79 Å². The van der Waals surface area contributed by atoms with Crippen molar-refractivity contribution in [2.45, 2.75) is 10.8 Å². The van der Waals surface area contributed by atoms with Crippen LogP contribution in [0.3, 0.4) is 0 Å². The van der Waals surface area contributed by atoms with Crippen LogP contribution in [-0.4, -0.2) is 11.7 Å². The molecule has 2 nitrogen and oxygen atoms in total. The minimum absolute atomic E-state index is 0.00502. The van der Waals surface area contributed by atoms with Gasteiger partial charge in [-0.25, -0.2) is 0 Å². The van der Waals surface area contributed by atoms with Gasteiger partial charge in [-0.05, 0) is 39.7 Å². The molecule has 5 heteroatoms. The molecule has 1 aliphatic heterocycles. The standard InChI is InChI=1S/C15H11BrClNOS/c16-14-11(17)5-3-6-12(14)18-15(19)10-8-20-13-7-2-1-4-9(10)13/h1-7,10H,8H2,(H,18,19). The van der Waals surface area contributed by atoms with Crippen LogP contribution in [0.2, 0.25) is 5.02 Å². The van der Waals surface area contributed by atoms with Gasteiger partial charge in [-0.2, -0.15) is 0 Å². The minimum Gasteiger partial charge on any atom is -0.324 e. The average molecular weight is 369 g/mol. The maximum Gasteiger partial charge on any atom is 0.232 e. The molecule has 1 amide bonds. The van der Waals surface area contributed by atoms with Crippen molar-refractivity contribution in [1.82, 2.24) is 0 Å². The Bertz CT molecular complexity index is 677. The van der Waals surface area contributed by atoms with E-state index >= 15 is 0 Å². The van der Waals surface area contributed by atoms with Gasteiger partial charge in [0.15, 0.2) is 0 Å². The number of hydrogen-bond donors (Lipinski definition) is 1. The Kier molecular flexibility index (Phi) is 4.06. The van der Waals surface area contributed by atoms with Crippen LogP contribution in [0.4, 0.5) is 5.69 Å². The Balaban J connectivity index is 1.83. The number of hydrogen-bond acceptors (Lipinski definition) is 2. The normalized spacial score (nSPS) is 16.8. The van der Waals surface area contributed by atoms with Gasteiger partial charge in [0.1, 0.15) is 0 Å². The second-order valence-corrected chi connectivity index (χ2v) is 6.75. The number of thioether (sulfide) groups is 1. The summed E-state index contributed by atoms with van der Waals surface area (Å²) in [4.78, 5) is 13.6. The van der Waals surface area contributed by atoms with E-state index in [0.717, 1.165) is 11.3 Å². The second-order valence-electron chi connectivity index (χ2n) is 4.49. The second kappa shape index (κ2) is 5.80. The number of carbonyl (C=O) groups excluding carboxylic acids is 1. The van der Waals surface area contributed by atoms with E-state index in [9.17, 15) is 4.79 Å². The highest BCUT2D eigenvalue weighted by atomic mass is 79.9. The molecule has 2 aromatic carbocycles. The zero-order valence-corrected chi connectivity index (χ0v) is 13.6. The molecule has 3 rings (SSSR count). The molecule has 0 bridgehead atoms. The van der Waals surface area contributed by atoms with E-state index in [0.29, 0.717) is 15.2 Å². The Hall–Kier alpha value is -0.970. The summed E-state index contributed by atoms with van der Waals surface area (Å²) >= 11 is 11.2. The van der Waals surface area contributed by atoms with E-state index in [1.807, 2.05) is 30.3 Å². The largest absolute Gasteiger partial charge is 0.324 e. The van der Waals surface area contributed by atoms with Crippen molar-refractivity contribution < 1.29 is 4.79 Å². The molecule has 0 radical (unpaired) electrons. The third kappa shape index (κ3) is 2.60. The monoisotopic (exact) mass is 367 g/mol. The van der Waals surface area contributed by atoms with Crippen molar-refractivity contribution in [1.29, 1.82) is 0 Å². The number of nitrogens with one attached hydrogen (secondary N) is 1. The molecule has 0 saturated heterocycles. The molecule has 20 heavy (non-hydrogen) atoms. The fraction of sp³-hybridized carbons (Fsp3) is 0.133. The van der Waals surface area contributed by atoms with Gasteiger partial charge in [0.2, 0.25) is 5.91 Å². The van der Waals surface area contributed by atoms with Gasteiger partial charge >= 0.3 is 0 Å². The van der Waals surface area contributed by atoms with Crippen LogP contribution < -0.4 is 5.32 Å². The number of benzene rings is 2.